The van der Waals surface area contributed by atoms with E-state index in [0.717, 1.165) is 0 Å². The molecule has 0 aromatic rings. The minimum Gasteiger partial charge on any atom is -0.481 e. The number of alkyl carbamates (subject to hydrolysis) is 1. The molecule has 1 amide bonds. The van der Waals surface area contributed by atoms with E-state index in [0.29, 0.717) is 6.42 Å². The van der Waals surface area contributed by atoms with Crippen LogP contribution in [-0.2, 0) is 14.3 Å². The van der Waals surface area contributed by atoms with Gasteiger partial charge in [-0.05, 0) is 26.7 Å². The summed E-state index contributed by atoms with van der Waals surface area (Å²) >= 11 is 0. The Balaban J connectivity index is 4.74. The number of ether oxygens (including phenoxy) is 1. The number of Topliss-reactive ketones (excluding diaryl/α,β-unsaturated/α-hetero) is 1. The van der Waals surface area contributed by atoms with Gasteiger partial charge in [0.05, 0.1) is 6.04 Å². The minimum atomic E-state index is -1.20. The summed E-state index contributed by atoms with van der Waals surface area (Å²) in [5.41, 5.74) is -0.667. The fourth-order valence-corrected chi connectivity index (χ4v) is 1.47. The molecular formula is C13H23NO5. The van der Waals surface area contributed by atoms with Gasteiger partial charge in [0.25, 0.3) is 0 Å². The third kappa shape index (κ3) is 7.43. The average molecular weight is 273 g/mol. The van der Waals surface area contributed by atoms with Gasteiger partial charge in [0, 0.05) is 0 Å². The van der Waals surface area contributed by atoms with Gasteiger partial charge < -0.3 is 15.2 Å². The first-order valence-corrected chi connectivity index (χ1v) is 6.30. The Kier molecular flexibility index (Phi) is 6.52. The molecule has 0 spiro atoms. The molecule has 0 heterocycles. The molecule has 0 aliphatic heterocycles. The van der Waals surface area contributed by atoms with E-state index in [1.165, 1.54) is 0 Å². The summed E-state index contributed by atoms with van der Waals surface area (Å²) in [7, 11) is 0. The van der Waals surface area contributed by atoms with E-state index >= 15 is 0 Å². The van der Waals surface area contributed by atoms with Gasteiger partial charge in [-0.1, -0.05) is 20.3 Å². The normalized spacial score (nSPS) is 14.4. The quantitative estimate of drug-likeness (QED) is 0.722. The van der Waals surface area contributed by atoms with Crippen LogP contribution in [0.15, 0.2) is 0 Å². The number of carbonyl (C=O) groups is 3. The van der Waals surface area contributed by atoms with Crippen LogP contribution in [0, 0.1) is 5.92 Å². The highest BCUT2D eigenvalue weighted by molar-refractivity contribution is 5.99. The Bertz CT molecular complexity index is 345. The molecule has 2 N–H and O–H groups in total. The number of amides is 1. The summed E-state index contributed by atoms with van der Waals surface area (Å²) in [6, 6.07) is -0.837. The molecule has 6 nitrogen and oxygen atoms in total. The molecule has 0 saturated carbocycles. The van der Waals surface area contributed by atoms with Gasteiger partial charge in [0.2, 0.25) is 0 Å². The number of carboxylic acids is 1. The molecule has 1 unspecified atom stereocenters. The van der Waals surface area contributed by atoms with Crippen LogP contribution in [0.1, 0.15) is 47.5 Å². The van der Waals surface area contributed by atoms with Crippen molar-refractivity contribution in [3.05, 3.63) is 0 Å². The van der Waals surface area contributed by atoms with Crippen LogP contribution < -0.4 is 5.32 Å². The second-order valence-electron chi connectivity index (χ2n) is 5.55. The molecule has 0 bridgehead atoms. The molecule has 0 aliphatic rings. The van der Waals surface area contributed by atoms with E-state index in [4.69, 9.17) is 9.84 Å². The average Bonchev–Trinajstić information content (AvgIpc) is 2.21. The fraction of sp³-hybridized carbons (Fsp3) is 0.769. The lowest BCUT2D eigenvalue weighted by molar-refractivity contribution is -0.141. The molecule has 0 aliphatic carbocycles. The number of carboxylic acid groups (broad SMARTS) is 1. The maximum atomic E-state index is 11.8. The highest BCUT2D eigenvalue weighted by Crippen LogP contribution is 2.13. The van der Waals surface area contributed by atoms with E-state index < -0.39 is 35.9 Å². The zero-order valence-electron chi connectivity index (χ0n) is 12.1. The number of hydrogen-bond acceptors (Lipinski definition) is 4. The molecular weight excluding hydrogens is 250 g/mol. The van der Waals surface area contributed by atoms with Crippen molar-refractivity contribution < 1.29 is 24.2 Å². The Morgan fingerprint density at radius 1 is 1.26 bits per heavy atom. The summed E-state index contributed by atoms with van der Waals surface area (Å²) < 4.78 is 5.07. The number of rotatable bonds is 6. The van der Waals surface area contributed by atoms with Crippen LogP contribution in [0.4, 0.5) is 4.79 Å². The van der Waals surface area contributed by atoms with Crippen molar-refractivity contribution in [2.75, 3.05) is 0 Å². The SMILES string of the molecule is CCC(C)[C@H](NC(=O)OC(C)(C)C)C(=O)CC(=O)O. The third-order valence-electron chi connectivity index (χ3n) is 2.56. The first-order chi connectivity index (χ1) is 8.56. The molecule has 0 rings (SSSR count). The van der Waals surface area contributed by atoms with Gasteiger partial charge in [-0.25, -0.2) is 4.79 Å². The highest BCUT2D eigenvalue weighted by atomic mass is 16.6. The lowest BCUT2D eigenvalue weighted by atomic mass is 9.94. The molecule has 0 aromatic heterocycles. The Labute approximate surface area is 113 Å². The zero-order chi connectivity index (χ0) is 15.2. The van der Waals surface area contributed by atoms with Crippen molar-refractivity contribution in [1.29, 1.82) is 0 Å². The zero-order valence-corrected chi connectivity index (χ0v) is 12.1. The fourth-order valence-electron chi connectivity index (χ4n) is 1.47. The minimum absolute atomic E-state index is 0.153. The van der Waals surface area contributed by atoms with Gasteiger partial charge >= 0.3 is 12.1 Å². The predicted octanol–water partition coefficient (Wildman–Crippen LogP) is 1.97. The number of hydrogen-bond donors (Lipinski definition) is 2. The Morgan fingerprint density at radius 2 is 1.79 bits per heavy atom. The Morgan fingerprint density at radius 3 is 2.16 bits per heavy atom. The van der Waals surface area contributed by atoms with Gasteiger partial charge in [-0.3, -0.25) is 9.59 Å². The summed E-state index contributed by atoms with van der Waals surface area (Å²) in [4.78, 5) is 34.0. The monoisotopic (exact) mass is 273 g/mol. The highest BCUT2D eigenvalue weighted by Gasteiger charge is 2.29. The maximum Gasteiger partial charge on any atom is 0.408 e. The summed E-state index contributed by atoms with van der Waals surface area (Å²) in [6.45, 7) is 8.78. The molecule has 19 heavy (non-hydrogen) atoms. The smallest absolute Gasteiger partial charge is 0.408 e. The van der Waals surface area contributed by atoms with Crippen LogP contribution in [0.3, 0.4) is 0 Å². The van der Waals surface area contributed by atoms with E-state index in [-0.39, 0.29) is 5.92 Å². The summed E-state index contributed by atoms with van der Waals surface area (Å²) in [5.74, 6) is -1.88. The van der Waals surface area contributed by atoms with Crippen LogP contribution >= 0.6 is 0 Å². The van der Waals surface area contributed by atoms with Crippen LogP contribution in [0.5, 0.6) is 0 Å². The van der Waals surface area contributed by atoms with Gasteiger partial charge in [-0.2, -0.15) is 0 Å². The number of carbonyl (C=O) groups excluding carboxylic acids is 2. The molecule has 0 aromatic carbocycles. The van der Waals surface area contributed by atoms with E-state index in [1.54, 1.807) is 27.7 Å². The van der Waals surface area contributed by atoms with Crippen LogP contribution in [0.25, 0.3) is 0 Å². The van der Waals surface area contributed by atoms with E-state index in [1.807, 2.05) is 6.92 Å². The second-order valence-corrected chi connectivity index (χ2v) is 5.55. The summed E-state index contributed by atoms with van der Waals surface area (Å²) in [5, 5.41) is 11.1. The van der Waals surface area contributed by atoms with Crippen LogP contribution in [0.2, 0.25) is 0 Å². The molecule has 6 heteroatoms. The lowest BCUT2D eigenvalue weighted by Gasteiger charge is -2.25. The lowest BCUT2D eigenvalue weighted by Crippen LogP contribution is -2.47. The topological polar surface area (TPSA) is 92.7 Å². The van der Waals surface area contributed by atoms with E-state index in [9.17, 15) is 14.4 Å². The van der Waals surface area contributed by atoms with E-state index in [2.05, 4.69) is 5.32 Å². The van der Waals surface area contributed by atoms with Crippen molar-refractivity contribution in [1.82, 2.24) is 5.32 Å². The molecule has 110 valence electrons. The molecule has 0 radical (unpaired) electrons. The second kappa shape index (κ2) is 7.11. The summed E-state index contributed by atoms with van der Waals surface area (Å²) in [6.07, 6.45) is -0.673. The number of nitrogens with one attached hydrogen (secondary N) is 1. The maximum absolute atomic E-state index is 11.8. The number of aliphatic carboxylic acids is 1. The van der Waals surface area contributed by atoms with Crippen molar-refractivity contribution >= 4 is 17.8 Å². The number of ketones is 1. The van der Waals surface area contributed by atoms with Gasteiger partial charge in [-0.15, -0.1) is 0 Å². The van der Waals surface area contributed by atoms with Crippen molar-refractivity contribution in [2.45, 2.75) is 59.1 Å². The molecule has 0 fully saturated rings. The molecule has 2 atom stereocenters. The largest absolute Gasteiger partial charge is 0.481 e. The molecule has 0 saturated heterocycles. The van der Waals surface area contributed by atoms with Gasteiger partial charge in [0.1, 0.15) is 12.0 Å². The van der Waals surface area contributed by atoms with Crippen LogP contribution in [-0.4, -0.2) is 34.6 Å². The first kappa shape index (κ1) is 17.4. The predicted molar refractivity (Wildman–Crippen MR) is 69.9 cm³/mol. The van der Waals surface area contributed by atoms with Crippen molar-refractivity contribution in [3.8, 4) is 0 Å². The van der Waals surface area contributed by atoms with Gasteiger partial charge in [0.15, 0.2) is 5.78 Å². The third-order valence-corrected chi connectivity index (χ3v) is 2.56. The van der Waals surface area contributed by atoms with Crippen molar-refractivity contribution in [2.24, 2.45) is 5.92 Å². The standard InChI is InChI=1S/C13H23NO5/c1-6-8(2)11(9(15)7-10(16)17)14-12(18)19-13(3,4)5/h8,11H,6-7H2,1-5H3,(H,14,18)(H,16,17)/t8?,11-/m0/s1. The van der Waals surface area contributed by atoms with Crippen molar-refractivity contribution in [3.63, 3.8) is 0 Å². The first-order valence-electron chi connectivity index (χ1n) is 6.30. The Hall–Kier alpha value is -1.59.